The Morgan fingerprint density at radius 2 is 2.11 bits per heavy atom. The average Bonchev–Trinajstić information content (AvgIpc) is 3.19. The fraction of sp³-hybridized carbons (Fsp3) is 0.263. The predicted octanol–water partition coefficient (Wildman–Crippen LogP) is 3.93. The van der Waals surface area contributed by atoms with Crippen LogP contribution in [0.1, 0.15) is 25.1 Å². The molecule has 1 aromatic carbocycles. The minimum atomic E-state index is -1.03. The molecule has 1 amide bonds. The molecule has 0 radical (unpaired) electrons. The van der Waals surface area contributed by atoms with Crippen LogP contribution in [0.2, 0.25) is 0 Å². The van der Waals surface area contributed by atoms with Gasteiger partial charge in [-0.1, -0.05) is 12.1 Å². The molecule has 1 atom stereocenters. The molecule has 1 saturated heterocycles. The molecule has 1 aliphatic rings. The fourth-order valence-electron chi connectivity index (χ4n) is 2.39. The third kappa shape index (κ3) is 4.60. The Bertz CT molecular complexity index is 950. The van der Waals surface area contributed by atoms with E-state index in [4.69, 9.17) is 9.84 Å². The number of carboxylic acid groups (broad SMARTS) is 1. The van der Waals surface area contributed by atoms with Gasteiger partial charge in [-0.2, -0.15) is 4.99 Å². The third-order valence-corrected chi connectivity index (χ3v) is 5.70. The molecular weight excluding hydrogens is 398 g/mol. The molecule has 7 nitrogen and oxygen atoms in total. The van der Waals surface area contributed by atoms with E-state index >= 15 is 0 Å². The number of hydrogen-bond acceptors (Lipinski definition) is 7. The summed E-state index contributed by atoms with van der Waals surface area (Å²) in [4.78, 5) is 34.6. The number of amides is 1. The first-order chi connectivity index (χ1) is 13.4. The number of nitrogens with zero attached hydrogens (tertiary/aromatic N) is 3. The molecular formula is C19H19N3O4S2. The lowest BCUT2D eigenvalue weighted by Crippen LogP contribution is -2.28. The third-order valence-electron chi connectivity index (χ3n) is 3.84. The standard InChI is InChI=1S/C19H19N3O4S2/c1-4-22-16(23)15(28-19(22)21-18-20-11(2)10-27-18)9-13-5-7-14(8-6-13)26-12(3)17(24)25/h5-10,12H,4H2,1-3H3,(H,24,25)/b15-9+,21-19+. The predicted molar refractivity (Wildman–Crippen MR) is 111 cm³/mol. The Labute approximate surface area is 170 Å². The van der Waals surface area contributed by atoms with Crippen LogP contribution in [0.15, 0.2) is 39.5 Å². The number of hydrogen-bond donors (Lipinski definition) is 1. The van der Waals surface area contributed by atoms with Crippen molar-refractivity contribution in [3.8, 4) is 5.75 Å². The SMILES string of the molecule is CCN1C(=O)/C(=C\c2ccc(OC(C)C(=O)O)cc2)S/C1=N/c1nc(C)cs1. The number of benzene rings is 1. The van der Waals surface area contributed by atoms with Crippen LogP contribution in [-0.2, 0) is 9.59 Å². The van der Waals surface area contributed by atoms with Gasteiger partial charge in [-0.25, -0.2) is 9.78 Å². The minimum absolute atomic E-state index is 0.0978. The van der Waals surface area contributed by atoms with Gasteiger partial charge in [-0.05, 0) is 56.3 Å². The van der Waals surface area contributed by atoms with Crippen LogP contribution in [0.25, 0.3) is 6.08 Å². The number of ether oxygens (including phenoxy) is 1. The van der Waals surface area contributed by atoms with E-state index in [2.05, 4.69) is 9.98 Å². The average molecular weight is 418 g/mol. The van der Waals surface area contributed by atoms with E-state index in [9.17, 15) is 9.59 Å². The molecule has 1 aromatic heterocycles. The molecule has 28 heavy (non-hydrogen) atoms. The van der Waals surface area contributed by atoms with Crippen molar-refractivity contribution in [2.75, 3.05) is 6.54 Å². The molecule has 2 aromatic rings. The number of aryl methyl sites for hydroxylation is 1. The summed E-state index contributed by atoms with van der Waals surface area (Å²) in [6.45, 7) is 5.79. The Morgan fingerprint density at radius 1 is 1.39 bits per heavy atom. The summed E-state index contributed by atoms with van der Waals surface area (Å²) in [6, 6.07) is 6.92. The van der Waals surface area contributed by atoms with Crippen LogP contribution in [0.5, 0.6) is 5.75 Å². The summed E-state index contributed by atoms with van der Waals surface area (Å²) in [5.74, 6) is -0.667. The first-order valence-corrected chi connectivity index (χ1v) is 10.3. The Hall–Kier alpha value is -2.65. The molecule has 2 heterocycles. The molecule has 9 heteroatoms. The maximum atomic E-state index is 12.7. The number of thiazole rings is 1. The summed E-state index contributed by atoms with van der Waals surface area (Å²) in [5.41, 5.74) is 1.71. The van der Waals surface area contributed by atoms with Crippen LogP contribution in [0.4, 0.5) is 5.13 Å². The van der Waals surface area contributed by atoms with Gasteiger partial charge in [0.25, 0.3) is 5.91 Å². The van der Waals surface area contributed by atoms with Gasteiger partial charge >= 0.3 is 5.97 Å². The van der Waals surface area contributed by atoms with Crippen molar-refractivity contribution in [2.45, 2.75) is 26.9 Å². The monoisotopic (exact) mass is 417 g/mol. The largest absolute Gasteiger partial charge is 0.479 e. The smallest absolute Gasteiger partial charge is 0.344 e. The van der Waals surface area contributed by atoms with Gasteiger partial charge in [0, 0.05) is 11.9 Å². The van der Waals surface area contributed by atoms with Gasteiger partial charge in [0.15, 0.2) is 11.3 Å². The van der Waals surface area contributed by atoms with Gasteiger partial charge in [-0.15, -0.1) is 11.3 Å². The first kappa shape index (κ1) is 20.1. The number of thioether (sulfide) groups is 1. The Kier molecular flexibility index (Phi) is 6.15. The highest BCUT2D eigenvalue weighted by Crippen LogP contribution is 2.34. The zero-order valence-electron chi connectivity index (χ0n) is 15.6. The molecule has 0 aliphatic carbocycles. The number of carbonyl (C=O) groups excluding carboxylic acids is 1. The molecule has 146 valence electrons. The second-order valence-electron chi connectivity index (χ2n) is 5.99. The number of rotatable bonds is 6. The lowest BCUT2D eigenvalue weighted by atomic mass is 10.2. The van der Waals surface area contributed by atoms with Gasteiger partial charge in [0.2, 0.25) is 5.13 Å². The molecule has 0 bridgehead atoms. The Morgan fingerprint density at radius 3 is 2.68 bits per heavy atom. The molecule has 1 aliphatic heterocycles. The molecule has 1 N–H and O–H groups in total. The summed E-state index contributed by atoms with van der Waals surface area (Å²) < 4.78 is 5.32. The highest BCUT2D eigenvalue weighted by molar-refractivity contribution is 8.18. The van der Waals surface area contributed by atoms with Gasteiger partial charge in [-0.3, -0.25) is 9.69 Å². The van der Waals surface area contributed by atoms with Crippen LogP contribution >= 0.6 is 23.1 Å². The topological polar surface area (TPSA) is 92.1 Å². The van der Waals surface area contributed by atoms with Crippen molar-refractivity contribution in [2.24, 2.45) is 4.99 Å². The van der Waals surface area contributed by atoms with Crippen molar-refractivity contribution < 1.29 is 19.4 Å². The van der Waals surface area contributed by atoms with Crippen LogP contribution in [0.3, 0.4) is 0 Å². The minimum Gasteiger partial charge on any atom is -0.479 e. The highest BCUT2D eigenvalue weighted by atomic mass is 32.2. The number of aromatic nitrogens is 1. The second-order valence-corrected chi connectivity index (χ2v) is 7.84. The van der Waals surface area contributed by atoms with Gasteiger partial charge in [0.05, 0.1) is 10.6 Å². The normalized spacial score (nSPS) is 18.1. The van der Waals surface area contributed by atoms with Crippen LogP contribution in [-0.4, -0.2) is 44.7 Å². The maximum Gasteiger partial charge on any atom is 0.344 e. The number of likely N-dealkylation sites (N-methyl/N-ethyl adjacent to an activating group) is 1. The summed E-state index contributed by atoms with van der Waals surface area (Å²) in [5, 5.41) is 12.1. The highest BCUT2D eigenvalue weighted by Gasteiger charge is 2.32. The quantitative estimate of drug-likeness (QED) is 0.716. The Balaban J connectivity index is 1.79. The van der Waals surface area contributed by atoms with Crippen molar-refractivity contribution in [1.82, 2.24) is 9.88 Å². The first-order valence-electron chi connectivity index (χ1n) is 8.59. The van der Waals surface area contributed by atoms with Gasteiger partial charge in [0.1, 0.15) is 5.75 Å². The number of carbonyl (C=O) groups is 2. The van der Waals surface area contributed by atoms with E-state index in [0.29, 0.717) is 27.5 Å². The van der Waals surface area contributed by atoms with Crippen molar-refractivity contribution in [1.29, 1.82) is 0 Å². The zero-order valence-corrected chi connectivity index (χ0v) is 17.2. The lowest BCUT2D eigenvalue weighted by Gasteiger charge is -2.11. The molecule has 1 fully saturated rings. The maximum absolute atomic E-state index is 12.7. The van der Waals surface area contributed by atoms with Crippen molar-refractivity contribution >= 4 is 51.4 Å². The molecule has 1 unspecified atom stereocenters. The molecule has 0 saturated carbocycles. The summed E-state index contributed by atoms with van der Waals surface area (Å²) >= 11 is 2.75. The second kappa shape index (κ2) is 8.57. The molecule has 0 spiro atoms. The van der Waals surface area contributed by atoms with Gasteiger partial charge < -0.3 is 9.84 Å². The van der Waals surface area contributed by atoms with Crippen LogP contribution < -0.4 is 4.74 Å². The van der Waals surface area contributed by atoms with E-state index in [-0.39, 0.29) is 5.91 Å². The van der Waals surface area contributed by atoms with E-state index in [1.165, 1.54) is 30.0 Å². The molecule has 3 rings (SSSR count). The van der Waals surface area contributed by atoms with Crippen molar-refractivity contribution in [3.05, 3.63) is 45.8 Å². The van der Waals surface area contributed by atoms with Crippen molar-refractivity contribution in [3.63, 3.8) is 0 Å². The van der Waals surface area contributed by atoms with E-state index in [1.54, 1.807) is 35.2 Å². The number of aliphatic imine (C=N–C) groups is 1. The number of amidine groups is 1. The number of aliphatic carboxylic acids is 1. The lowest BCUT2D eigenvalue weighted by molar-refractivity contribution is -0.144. The van der Waals surface area contributed by atoms with E-state index in [1.807, 2.05) is 19.2 Å². The zero-order chi connectivity index (χ0) is 20.3. The summed E-state index contributed by atoms with van der Waals surface area (Å²) in [6.07, 6.45) is 0.859. The fourth-order valence-corrected chi connectivity index (χ4v) is 4.16. The van der Waals surface area contributed by atoms with E-state index in [0.717, 1.165) is 11.3 Å². The van der Waals surface area contributed by atoms with E-state index < -0.39 is 12.1 Å². The number of carboxylic acids is 1. The summed E-state index contributed by atoms with van der Waals surface area (Å²) in [7, 11) is 0. The van der Waals surface area contributed by atoms with Crippen LogP contribution in [0, 0.1) is 6.92 Å².